The molecular formula is C28H24ClF3N4O3. The number of aromatic nitrogens is 2. The summed E-state index contributed by atoms with van der Waals surface area (Å²) in [5, 5.41) is 6.19. The summed E-state index contributed by atoms with van der Waals surface area (Å²) in [5.74, 6) is -0.691. The maximum atomic E-state index is 13.2. The summed E-state index contributed by atoms with van der Waals surface area (Å²) < 4.78 is 45.0. The van der Waals surface area contributed by atoms with Gasteiger partial charge in [-0.3, -0.25) is 9.59 Å². The Morgan fingerprint density at radius 2 is 1.72 bits per heavy atom. The van der Waals surface area contributed by atoms with E-state index in [0.717, 1.165) is 12.1 Å². The number of carbonyl (C=O) groups excluding carboxylic acids is 2. The number of alkyl halides is 3. The first-order chi connectivity index (χ1) is 18.3. The molecule has 0 aliphatic heterocycles. The molecule has 3 aromatic carbocycles. The van der Waals surface area contributed by atoms with Crippen LogP contribution in [-0.4, -0.2) is 21.8 Å². The minimum atomic E-state index is -4.53. The first kappa shape index (κ1) is 27.8. The molecule has 0 aliphatic rings. The van der Waals surface area contributed by atoms with E-state index >= 15 is 0 Å². The van der Waals surface area contributed by atoms with Crippen LogP contribution in [-0.2, 0) is 17.5 Å². The van der Waals surface area contributed by atoms with Crippen LogP contribution in [0.1, 0.15) is 42.3 Å². The third kappa shape index (κ3) is 6.64. The van der Waals surface area contributed by atoms with Gasteiger partial charge in [-0.1, -0.05) is 50.6 Å². The maximum absolute atomic E-state index is 13.2. The van der Waals surface area contributed by atoms with E-state index in [1.54, 1.807) is 57.2 Å². The highest BCUT2D eigenvalue weighted by Gasteiger charge is 2.30. The van der Waals surface area contributed by atoms with Gasteiger partial charge < -0.3 is 15.4 Å². The molecule has 4 aromatic rings. The number of nitrogens with one attached hydrogen (secondary N) is 2. The molecule has 11 heteroatoms. The highest BCUT2D eigenvalue weighted by atomic mass is 35.5. The van der Waals surface area contributed by atoms with Crippen molar-refractivity contribution in [2.75, 3.05) is 5.32 Å². The van der Waals surface area contributed by atoms with Crippen molar-refractivity contribution in [3.05, 3.63) is 88.7 Å². The molecule has 1 aromatic heterocycles. The monoisotopic (exact) mass is 556 g/mol. The second kappa shape index (κ2) is 10.9. The fraction of sp³-hybridized carbons (Fsp3) is 0.214. The number of nitrogens with zero attached hydrogens (tertiary/aromatic N) is 2. The van der Waals surface area contributed by atoms with Gasteiger partial charge in [-0.15, -0.1) is 0 Å². The number of halogens is 4. The van der Waals surface area contributed by atoms with Crippen molar-refractivity contribution in [3.63, 3.8) is 0 Å². The Bertz CT molecular complexity index is 1550. The van der Waals surface area contributed by atoms with Crippen LogP contribution in [0.2, 0.25) is 5.02 Å². The molecule has 0 unspecified atom stereocenters. The topological polar surface area (TPSA) is 93.2 Å². The van der Waals surface area contributed by atoms with Gasteiger partial charge in [-0.25, -0.2) is 9.97 Å². The Labute approximate surface area is 227 Å². The molecule has 7 nitrogen and oxygen atoms in total. The Kier molecular flexibility index (Phi) is 7.78. The molecule has 0 radical (unpaired) electrons. The van der Waals surface area contributed by atoms with Crippen LogP contribution in [0.4, 0.5) is 18.9 Å². The van der Waals surface area contributed by atoms with Gasteiger partial charge in [0.25, 0.3) is 5.91 Å². The number of hydrogen-bond donors (Lipinski definition) is 2. The summed E-state index contributed by atoms with van der Waals surface area (Å²) in [6.07, 6.45) is -3.34. The summed E-state index contributed by atoms with van der Waals surface area (Å²) in [5.41, 5.74) is 0.0732. The van der Waals surface area contributed by atoms with E-state index < -0.39 is 23.1 Å². The normalized spacial score (nSPS) is 11.8. The first-order valence-electron chi connectivity index (χ1n) is 11.8. The van der Waals surface area contributed by atoms with E-state index in [1.807, 2.05) is 0 Å². The Balaban J connectivity index is 1.58. The van der Waals surface area contributed by atoms with Crippen LogP contribution in [0.3, 0.4) is 0 Å². The Hall–Kier alpha value is -4.18. The SMILES string of the molecule is CC(C)(C)C(=O)NCc1ccc(Cl)c(C(=O)Nc2cccc3c(Oc4cccc(C(F)(F)F)c4)ncnc23)c1. The minimum Gasteiger partial charge on any atom is -0.438 e. The van der Waals surface area contributed by atoms with E-state index in [-0.39, 0.29) is 34.7 Å². The molecule has 0 fully saturated rings. The molecule has 4 rings (SSSR count). The molecular weight excluding hydrogens is 533 g/mol. The second-order valence-corrected chi connectivity index (χ2v) is 10.1. The van der Waals surface area contributed by atoms with Crippen molar-refractivity contribution in [3.8, 4) is 11.6 Å². The molecule has 0 saturated carbocycles. The number of amides is 2. The van der Waals surface area contributed by atoms with E-state index in [1.165, 1.54) is 18.5 Å². The standard InChI is InChI=1S/C28H24ClF3N4O3/c1-27(2,3)26(38)33-14-16-10-11-21(29)20(12-16)24(37)36-22-9-5-8-19-23(22)34-15-35-25(19)39-18-7-4-6-17(13-18)28(30,31)32/h4-13,15H,14H2,1-3H3,(H,33,38)(H,36,37). The summed E-state index contributed by atoms with van der Waals surface area (Å²) in [4.78, 5) is 33.7. The van der Waals surface area contributed by atoms with Crippen molar-refractivity contribution in [1.82, 2.24) is 15.3 Å². The quantitative estimate of drug-likeness (QED) is 0.266. The van der Waals surface area contributed by atoms with Crippen molar-refractivity contribution < 1.29 is 27.5 Å². The van der Waals surface area contributed by atoms with Crippen LogP contribution in [0.15, 0.2) is 67.0 Å². The van der Waals surface area contributed by atoms with E-state index in [0.29, 0.717) is 22.2 Å². The zero-order chi connectivity index (χ0) is 28.4. The average molecular weight is 557 g/mol. The van der Waals surface area contributed by atoms with Crippen LogP contribution in [0.25, 0.3) is 10.9 Å². The molecule has 39 heavy (non-hydrogen) atoms. The molecule has 2 N–H and O–H groups in total. The fourth-order valence-corrected chi connectivity index (χ4v) is 3.79. The molecule has 0 bridgehead atoms. The average Bonchev–Trinajstić information content (AvgIpc) is 2.87. The van der Waals surface area contributed by atoms with Gasteiger partial charge >= 0.3 is 6.18 Å². The van der Waals surface area contributed by atoms with Crippen molar-refractivity contribution >= 4 is 40.0 Å². The third-order valence-electron chi connectivity index (χ3n) is 5.66. The predicted molar refractivity (Wildman–Crippen MR) is 142 cm³/mol. The lowest BCUT2D eigenvalue weighted by molar-refractivity contribution is -0.137. The number of para-hydroxylation sites is 1. The van der Waals surface area contributed by atoms with Crippen LogP contribution in [0, 0.1) is 5.41 Å². The summed E-state index contributed by atoms with van der Waals surface area (Å²) in [6, 6.07) is 14.2. The van der Waals surface area contributed by atoms with Crippen molar-refractivity contribution in [1.29, 1.82) is 0 Å². The highest BCUT2D eigenvalue weighted by molar-refractivity contribution is 6.34. The molecule has 1 heterocycles. The molecule has 0 saturated heterocycles. The smallest absolute Gasteiger partial charge is 0.416 e. The summed E-state index contributed by atoms with van der Waals surface area (Å²) in [7, 11) is 0. The second-order valence-electron chi connectivity index (χ2n) is 9.71. The van der Waals surface area contributed by atoms with Crippen LogP contribution < -0.4 is 15.4 Å². The number of ether oxygens (including phenoxy) is 1. The first-order valence-corrected chi connectivity index (χ1v) is 12.2. The number of rotatable bonds is 6. The van der Waals surface area contributed by atoms with E-state index in [9.17, 15) is 22.8 Å². The number of benzene rings is 3. The number of carbonyl (C=O) groups is 2. The van der Waals surface area contributed by atoms with Gasteiger partial charge in [-0.05, 0) is 48.0 Å². The molecule has 2 amide bonds. The fourth-order valence-electron chi connectivity index (χ4n) is 3.59. The van der Waals surface area contributed by atoms with Gasteiger partial charge in [0.05, 0.1) is 27.2 Å². The zero-order valence-corrected chi connectivity index (χ0v) is 21.9. The maximum Gasteiger partial charge on any atom is 0.416 e. The lowest BCUT2D eigenvalue weighted by Gasteiger charge is -2.18. The largest absolute Gasteiger partial charge is 0.438 e. The summed E-state index contributed by atoms with van der Waals surface area (Å²) >= 11 is 6.30. The van der Waals surface area contributed by atoms with E-state index in [4.69, 9.17) is 16.3 Å². The third-order valence-corrected chi connectivity index (χ3v) is 5.99. The minimum absolute atomic E-state index is 0.0186. The summed E-state index contributed by atoms with van der Waals surface area (Å²) in [6.45, 7) is 5.61. The molecule has 202 valence electrons. The Morgan fingerprint density at radius 1 is 0.974 bits per heavy atom. The van der Waals surface area contributed by atoms with Crippen LogP contribution >= 0.6 is 11.6 Å². The highest BCUT2D eigenvalue weighted by Crippen LogP contribution is 2.35. The van der Waals surface area contributed by atoms with E-state index in [2.05, 4.69) is 20.6 Å². The Morgan fingerprint density at radius 3 is 2.44 bits per heavy atom. The molecule has 0 spiro atoms. The van der Waals surface area contributed by atoms with Gasteiger partial charge in [0.15, 0.2) is 0 Å². The van der Waals surface area contributed by atoms with Crippen molar-refractivity contribution in [2.24, 2.45) is 5.41 Å². The predicted octanol–water partition coefficient (Wildman–Crippen LogP) is 7.01. The zero-order valence-electron chi connectivity index (χ0n) is 21.2. The number of anilines is 1. The number of hydrogen-bond acceptors (Lipinski definition) is 5. The van der Waals surface area contributed by atoms with Gasteiger partial charge in [0, 0.05) is 12.0 Å². The van der Waals surface area contributed by atoms with Gasteiger partial charge in [-0.2, -0.15) is 13.2 Å². The van der Waals surface area contributed by atoms with Crippen molar-refractivity contribution in [2.45, 2.75) is 33.5 Å². The van der Waals surface area contributed by atoms with Crippen LogP contribution in [0.5, 0.6) is 11.6 Å². The molecule has 0 atom stereocenters. The molecule has 0 aliphatic carbocycles. The van der Waals surface area contributed by atoms with Gasteiger partial charge in [0.2, 0.25) is 11.8 Å². The number of fused-ring (bicyclic) bond motifs is 1. The lowest BCUT2D eigenvalue weighted by Crippen LogP contribution is -2.34. The lowest BCUT2D eigenvalue weighted by atomic mass is 9.95. The van der Waals surface area contributed by atoms with Gasteiger partial charge in [0.1, 0.15) is 17.6 Å².